The van der Waals surface area contributed by atoms with Gasteiger partial charge in [-0.25, -0.2) is 4.79 Å². The number of hydrogen-bond acceptors (Lipinski definition) is 3. The number of carbonyl (C=O) groups excluding carboxylic acids is 1. The molecule has 0 unspecified atom stereocenters. The van der Waals surface area contributed by atoms with Gasteiger partial charge in [0, 0.05) is 10.9 Å². The van der Waals surface area contributed by atoms with E-state index in [9.17, 15) is 4.79 Å². The van der Waals surface area contributed by atoms with Gasteiger partial charge in [-0.2, -0.15) is 0 Å². The highest BCUT2D eigenvalue weighted by molar-refractivity contribution is 9.10. The standard InChI is InChI=1S/C22H19BrO3/c1-16-6-5-9-19(14-16)26-22(24)20-15-18(23)10-11-21(20)25-13-12-17-7-3-2-4-8-17/h2-11,14-15H,12-13H2,1H3. The lowest BCUT2D eigenvalue weighted by Gasteiger charge is -2.12. The first-order valence-corrected chi connectivity index (χ1v) is 9.16. The molecule has 0 aliphatic carbocycles. The Morgan fingerprint density at radius 1 is 0.962 bits per heavy atom. The lowest BCUT2D eigenvalue weighted by atomic mass is 10.1. The third kappa shape index (κ3) is 4.96. The van der Waals surface area contributed by atoms with E-state index in [2.05, 4.69) is 28.1 Å². The quantitative estimate of drug-likeness (QED) is 0.391. The molecule has 3 rings (SSSR count). The Morgan fingerprint density at radius 3 is 2.54 bits per heavy atom. The van der Waals surface area contributed by atoms with E-state index in [1.54, 1.807) is 18.2 Å². The second-order valence-corrected chi connectivity index (χ2v) is 6.85. The normalized spacial score (nSPS) is 10.4. The molecule has 3 aromatic rings. The molecule has 0 fully saturated rings. The third-order valence-corrected chi connectivity index (χ3v) is 4.35. The van der Waals surface area contributed by atoms with Gasteiger partial charge in [0.2, 0.25) is 0 Å². The molecule has 0 heterocycles. The van der Waals surface area contributed by atoms with Gasteiger partial charge in [0.25, 0.3) is 0 Å². The molecular weight excluding hydrogens is 392 g/mol. The number of halogens is 1. The van der Waals surface area contributed by atoms with Gasteiger partial charge in [-0.05, 0) is 48.4 Å². The Labute approximate surface area is 161 Å². The second kappa shape index (κ2) is 8.68. The molecule has 0 N–H and O–H groups in total. The maximum atomic E-state index is 12.6. The number of carbonyl (C=O) groups is 1. The van der Waals surface area contributed by atoms with Crippen molar-refractivity contribution < 1.29 is 14.3 Å². The molecule has 132 valence electrons. The van der Waals surface area contributed by atoms with Crippen molar-refractivity contribution >= 4 is 21.9 Å². The summed E-state index contributed by atoms with van der Waals surface area (Å²) in [5.74, 6) is 0.596. The van der Waals surface area contributed by atoms with E-state index in [-0.39, 0.29) is 0 Å². The van der Waals surface area contributed by atoms with Crippen LogP contribution >= 0.6 is 15.9 Å². The van der Waals surface area contributed by atoms with E-state index in [1.165, 1.54) is 5.56 Å². The molecule has 0 saturated heterocycles. The number of benzene rings is 3. The van der Waals surface area contributed by atoms with Gasteiger partial charge < -0.3 is 9.47 Å². The van der Waals surface area contributed by atoms with Crippen LogP contribution in [-0.4, -0.2) is 12.6 Å². The number of esters is 1. The first-order valence-electron chi connectivity index (χ1n) is 8.37. The minimum absolute atomic E-state index is 0.397. The Morgan fingerprint density at radius 2 is 1.77 bits per heavy atom. The summed E-state index contributed by atoms with van der Waals surface area (Å²) in [6.07, 6.45) is 0.767. The Hall–Kier alpha value is -2.59. The van der Waals surface area contributed by atoms with Crippen molar-refractivity contribution in [2.45, 2.75) is 13.3 Å². The molecule has 0 spiro atoms. The van der Waals surface area contributed by atoms with Crippen molar-refractivity contribution in [3.63, 3.8) is 0 Å². The van der Waals surface area contributed by atoms with Crippen LogP contribution in [-0.2, 0) is 6.42 Å². The summed E-state index contributed by atoms with van der Waals surface area (Å²) in [6, 6.07) is 22.8. The Bertz CT molecular complexity index is 891. The molecule has 0 aromatic heterocycles. The van der Waals surface area contributed by atoms with Crippen LogP contribution in [0.1, 0.15) is 21.5 Å². The molecule has 0 saturated carbocycles. The molecule has 26 heavy (non-hydrogen) atoms. The summed E-state index contributed by atoms with van der Waals surface area (Å²) >= 11 is 3.40. The van der Waals surface area contributed by atoms with E-state index in [1.807, 2.05) is 49.4 Å². The molecule has 0 aliphatic heterocycles. The predicted octanol–water partition coefficient (Wildman–Crippen LogP) is 5.60. The van der Waals surface area contributed by atoms with Crippen LogP contribution in [0.4, 0.5) is 0 Å². The first-order chi connectivity index (χ1) is 12.6. The summed E-state index contributed by atoms with van der Waals surface area (Å²) in [6.45, 7) is 2.44. The van der Waals surface area contributed by atoms with E-state index in [0.717, 1.165) is 16.5 Å². The van der Waals surface area contributed by atoms with Crippen molar-refractivity contribution in [3.05, 3.63) is 94.0 Å². The summed E-state index contributed by atoms with van der Waals surface area (Å²) in [7, 11) is 0. The van der Waals surface area contributed by atoms with Crippen molar-refractivity contribution in [3.8, 4) is 11.5 Å². The van der Waals surface area contributed by atoms with Crippen molar-refractivity contribution in [2.75, 3.05) is 6.61 Å². The van der Waals surface area contributed by atoms with Gasteiger partial charge in [0.05, 0.1) is 6.61 Å². The number of hydrogen-bond donors (Lipinski definition) is 0. The molecule has 0 aliphatic rings. The van der Waals surface area contributed by atoms with Gasteiger partial charge in [-0.3, -0.25) is 0 Å². The van der Waals surface area contributed by atoms with Crippen LogP contribution in [0.5, 0.6) is 11.5 Å². The van der Waals surface area contributed by atoms with Gasteiger partial charge in [0.15, 0.2) is 0 Å². The largest absolute Gasteiger partial charge is 0.492 e. The molecule has 3 aromatic carbocycles. The average Bonchev–Trinajstić information content (AvgIpc) is 2.64. The van der Waals surface area contributed by atoms with Gasteiger partial charge in [-0.15, -0.1) is 0 Å². The lowest BCUT2D eigenvalue weighted by Crippen LogP contribution is -2.12. The zero-order valence-electron chi connectivity index (χ0n) is 14.4. The predicted molar refractivity (Wildman–Crippen MR) is 106 cm³/mol. The number of aryl methyl sites for hydroxylation is 1. The number of ether oxygens (including phenoxy) is 2. The fourth-order valence-electron chi connectivity index (χ4n) is 2.55. The van der Waals surface area contributed by atoms with E-state index < -0.39 is 5.97 Å². The highest BCUT2D eigenvalue weighted by Crippen LogP contribution is 2.25. The molecule has 4 heteroatoms. The highest BCUT2D eigenvalue weighted by atomic mass is 79.9. The molecule has 0 atom stereocenters. The van der Waals surface area contributed by atoms with E-state index >= 15 is 0 Å². The van der Waals surface area contributed by atoms with Crippen LogP contribution in [0.2, 0.25) is 0 Å². The van der Waals surface area contributed by atoms with Gasteiger partial charge >= 0.3 is 5.97 Å². The SMILES string of the molecule is Cc1cccc(OC(=O)c2cc(Br)ccc2OCCc2ccccc2)c1. The third-order valence-electron chi connectivity index (χ3n) is 3.85. The van der Waals surface area contributed by atoms with Crippen molar-refractivity contribution in [1.82, 2.24) is 0 Å². The van der Waals surface area contributed by atoms with Crippen LogP contribution < -0.4 is 9.47 Å². The molecular formula is C22H19BrO3. The average molecular weight is 411 g/mol. The topological polar surface area (TPSA) is 35.5 Å². The monoisotopic (exact) mass is 410 g/mol. The molecule has 3 nitrogen and oxygen atoms in total. The summed E-state index contributed by atoms with van der Waals surface area (Å²) in [4.78, 5) is 12.6. The summed E-state index contributed by atoms with van der Waals surface area (Å²) < 4.78 is 12.2. The molecule has 0 amide bonds. The van der Waals surface area contributed by atoms with Crippen LogP contribution in [0.15, 0.2) is 77.3 Å². The smallest absolute Gasteiger partial charge is 0.347 e. The maximum Gasteiger partial charge on any atom is 0.347 e. The molecule has 0 bridgehead atoms. The first kappa shape index (κ1) is 18.2. The zero-order chi connectivity index (χ0) is 18.4. The van der Waals surface area contributed by atoms with Crippen molar-refractivity contribution in [1.29, 1.82) is 0 Å². The second-order valence-electron chi connectivity index (χ2n) is 5.93. The Balaban J connectivity index is 1.71. The van der Waals surface area contributed by atoms with Gasteiger partial charge in [-0.1, -0.05) is 58.4 Å². The minimum atomic E-state index is -0.438. The lowest BCUT2D eigenvalue weighted by molar-refractivity contribution is 0.0730. The maximum absolute atomic E-state index is 12.6. The fraction of sp³-hybridized carbons (Fsp3) is 0.136. The van der Waals surface area contributed by atoms with E-state index in [4.69, 9.17) is 9.47 Å². The molecule has 0 radical (unpaired) electrons. The summed E-state index contributed by atoms with van der Waals surface area (Å²) in [5.41, 5.74) is 2.62. The van der Waals surface area contributed by atoms with Crippen LogP contribution in [0, 0.1) is 6.92 Å². The zero-order valence-corrected chi connectivity index (χ0v) is 16.0. The van der Waals surface area contributed by atoms with E-state index in [0.29, 0.717) is 23.7 Å². The number of rotatable bonds is 6. The Kier molecular flexibility index (Phi) is 6.08. The fourth-order valence-corrected chi connectivity index (χ4v) is 2.91. The highest BCUT2D eigenvalue weighted by Gasteiger charge is 2.16. The summed E-state index contributed by atoms with van der Waals surface area (Å²) in [5, 5.41) is 0. The van der Waals surface area contributed by atoms with Crippen LogP contribution in [0.25, 0.3) is 0 Å². The van der Waals surface area contributed by atoms with Crippen LogP contribution in [0.3, 0.4) is 0 Å². The van der Waals surface area contributed by atoms with Crippen molar-refractivity contribution in [2.24, 2.45) is 0 Å². The minimum Gasteiger partial charge on any atom is -0.492 e. The van der Waals surface area contributed by atoms with Gasteiger partial charge in [0.1, 0.15) is 17.1 Å².